The van der Waals surface area contributed by atoms with Crippen LogP contribution < -0.4 is 0 Å². The highest BCUT2D eigenvalue weighted by Crippen LogP contribution is 2.08. The monoisotopic (exact) mass is 228 g/mol. The van der Waals surface area contributed by atoms with Gasteiger partial charge in [0.25, 0.3) is 0 Å². The van der Waals surface area contributed by atoms with Crippen LogP contribution in [0.3, 0.4) is 0 Å². The largest absolute Gasteiger partial charge is 0.298 e. The molecule has 88 valence electrons. The van der Waals surface area contributed by atoms with Crippen molar-refractivity contribution in [3.8, 4) is 0 Å². The van der Waals surface area contributed by atoms with Crippen molar-refractivity contribution in [3.05, 3.63) is 12.2 Å². The van der Waals surface area contributed by atoms with Crippen LogP contribution in [0, 0.1) is 0 Å². The molecular formula is C12H24N2S. The van der Waals surface area contributed by atoms with Crippen LogP contribution in [-0.2, 0) is 0 Å². The van der Waals surface area contributed by atoms with Crippen LogP contribution in [-0.4, -0.2) is 54.3 Å². The highest BCUT2D eigenvalue weighted by molar-refractivity contribution is 7.80. The summed E-state index contributed by atoms with van der Waals surface area (Å²) in [6.45, 7) is 10.6. The maximum atomic E-state index is 4.16. The molecule has 0 saturated carbocycles. The second-order valence-electron chi connectivity index (χ2n) is 4.25. The minimum Gasteiger partial charge on any atom is -0.298 e. The number of thiol groups is 1. The Morgan fingerprint density at radius 3 is 2.40 bits per heavy atom. The van der Waals surface area contributed by atoms with E-state index in [4.69, 9.17) is 0 Å². The molecule has 1 saturated heterocycles. The molecule has 0 radical (unpaired) electrons. The number of hydrogen-bond donors (Lipinski definition) is 1. The fourth-order valence-corrected chi connectivity index (χ4v) is 2.09. The summed E-state index contributed by atoms with van der Waals surface area (Å²) in [5.74, 6) is 0.854. The molecule has 0 amide bonds. The van der Waals surface area contributed by atoms with E-state index < -0.39 is 0 Å². The van der Waals surface area contributed by atoms with E-state index in [0.717, 1.165) is 18.3 Å². The van der Waals surface area contributed by atoms with E-state index >= 15 is 0 Å². The van der Waals surface area contributed by atoms with Crippen LogP contribution >= 0.6 is 12.6 Å². The molecule has 0 aromatic rings. The predicted molar refractivity (Wildman–Crippen MR) is 70.8 cm³/mol. The van der Waals surface area contributed by atoms with Crippen molar-refractivity contribution in [1.82, 2.24) is 9.80 Å². The van der Waals surface area contributed by atoms with Crippen molar-refractivity contribution >= 4 is 12.6 Å². The van der Waals surface area contributed by atoms with E-state index in [1.807, 2.05) is 0 Å². The third kappa shape index (κ3) is 4.58. The lowest BCUT2D eigenvalue weighted by atomic mass is 10.2. The predicted octanol–water partition coefficient (Wildman–Crippen LogP) is 1.89. The average molecular weight is 228 g/mol. The zero-order valence-corrected chi connectivity index (χ0v) is 10.9. The minimum absolute atomic E-state index is 0.750. The Bertz CT molecular complexity index is 186. The van der Waals surface area contributed by atoms with Gasteiger partial charge in [0.15, 0.2) is 0 Å². The summed E-state index contributed by atoms with van der Waals surface area (Å²) < 4.78 is 0. The maximum Gasteiger partial charge on any atom is 0.0164 e. The van der Waals surface area contributed by atoms with Crippen molar-refractivity contribution in [2.45, 2.75) is 26.3 Å². The molecule has 0 aliphatic carbocycles. The molecule has 0 bridgehead atoms. The van der Waals surface area contributed by atoms with Crippen LogP contribution in [0.25, 0.3) is 0 Å². The summed E-state index contributed by atoms with van der Waals surface area (Å²) in [6.07, 6.45) is 5.62. The summed E-state index contributed by atoms with van der Waals surface area (Å²) in [5, 5.41) is 0. The number of hydrogen-bond acceptors (Lipinski definition) is 3. The van der Waals surface area contributed by atoms with Gasteiger partial charge in [-0.3, -0.25) is 9.80 Å². The van der Waals surface area contributed by atoms with Crippen molar-refractivity contribution in [2.75, 3.05) is 38.5 Å². The van der Waals surface area contributed by atoms with Crippen LogP contribution in [0.2, 0.25) is 0 Å². The molecule has 1 rings (SSSR count). The van der Waals surface area contributed by atoms with E-state index in [-0.39, 0.29) is 0 Å². The number of nitrogens with zero attached hydrogens (tertiary/aromatic N) is 2. The molecule has 0 N–H and O–H groups in total. The van der Waals surface area contributed by atoms with E-state index in [1.54, 1.807) is 0 Å². The summed E-state index contributed by atoms with van der Waals surface area (Å²) in [7, 11) is 0. The molecule has 0 aromatic carbocycles. The Morgan fingerprint density at radius 1 is 1.20 bits per heavy atom. The molecule has 1 heterocycles. The molecule has 1 aliphatic heterocycles. The first kappa shape index (κ1) is 13.1. The lowest BCUT2D eigenvalue weighted by Gasteiger charge is -2.37. The fraction of sp³-hybridized carbons (Fsp3) is 0.833. The Labute approximate surface area is 99.7 Å². The van der Waals surface area contributed by atoms with Gasteiger partial charge in [-0.2, -0.15) is 12.6 Å². The van der Waals surface area contributed by atoms with Crippen molar-refractivity contribution in [1.29, 1.82) is 0 Å². The van der Waals surface area contributed by atoms with E-state index in [9.17, 15) is 0 Å². The number of piperazine rings is 1. The molecule has 1 aliphatic rings. The zero-order valence-electron chi connectivity index (χ0n) is 10.0. The first-order valence-corrected chi connectivity index (χ1v) is 6.63. The third-order valence-electron chi connectivity index (χ3n) is 3.26. The van der Waals surface area contributed by atoms with Crippen molar-refractivity contribution in [2.24, 2.45) is 0 Å². The standard InChI is InChI=1S/C12H24N2S/c1-3-12(2)14-9-7-13(8-10-14)6-4-5-11-15/h4-5,12,15H,3,6-11H2,1-2H3. The Hall–Kier alpha value is 0.01000. The van der Waals surface area contributed by atoms with E-state index in [0.29, 0.717) is 0 Å². The third-order valence-corrected chi connectivity index (χ3v) is 3.47. The summed E-state index contributed by atoms with van der Waals surface area (Å²) in [4.78, 5) is 5.11. The van der Waals surface area contributed by atoms with Gasteiger partial charge in [-0.25, -0.2) is 0 Å². The van der Waals surface area contributed by atoms with E-state index in [1.165, 1.54) is 32.6 Å². The van der Waals surface area contributed by atoms with Crippen molar-refractivity contribution in [3.63, 3.8) is 0 Å². The lowest BCUT2D eigenvalue weighted by Crippen LogP contribution is -2.49. The van der Waals surface area contributed by atoms with Gasteiger partial charge in [-0.05, 0) is 13.3 Å². The van der Waals surface area contributed by atoms with Crippen LogP contribution in [0.4, 0.5) is 0 Å². The lowest BCUT2D eigenvalue weighted by molar-refractivity contribution is 0.108. The van der Waals surface area contributed by atoms with Crippen LogP contribution in [0.5, 0.6) is 0 Å². The van der Waals surface area contributed by atoms with E-state index in [2.05, 4.69) is 48.4 Å². The second-order valence-corrected chi connectivity index (χ2v) is 4.61. The molecule has 1 atom stereocenters. The first-order valence-electron chi connectivity index (χ1n) is 6.00. The van der Waals surface area contributed by atoms with Gasteiger partial charge < -0.3 is 0 Å². The average Bonchev–Trinajstić information content (AvgIpc) is 2.29. The van der Waals surface area contributed by atoms with Gasteiger partial charge in [-0.15, -0.1) is 0 Å². The molecule has 0 spiro atoms. The highest BCUT2D eigenvalue weighted by atomic mass is 32.1. The molecule has 2 nitrogen and oxygen atoms in total. The summed E-state index contributed by atoms with van der Waals surface area (Å²) in [5.41, 5.74) is 0. The molecule has 15 heavy (non-hydrogen) atoms. The van der Waals surface area contributed by atoms with Gasteiger partial charge >= 0.3 is 0 Å². The molecule has 1 fully saturated rings. The Kier molecular flexibility index (Phi) is 6.37. The normalized spacial score (nSPS) is 22.3. The molecule has 1 unspecified atom stereocenters. The van der Waals surface area contributed by atoms with Gasteiger partial charge in [0.1, 0.15) is 0 Å². The second kappa shape index (κ2) is 7.31. The Balaban J connectivity index is 2.20. The summed E-state index contributed by atoms with van der Waals surface area (Å²) >= 11 is 4.16. The van der Waals surface area contributed by atoms with Gasteiger partial charge in [-0.1, -0.05) is 19.1 Å². The zero-order chi connectivity index (χ0) is 11.1. The fourth-order valence-electron chi connectivity index (χ4n) is 1.94. The summed E-state index contributed by atoms with van der Waals surface area (Å²) in [6, 6.07) is 0.750. The van der Waals surface area contributed by atoms with Gasteiger partial charge in [0, 0.05) is 44.5 Å². The number of rotatable bonds is 5. The van der Waals surface area contributed by atoms with Crippen molar-refractivity contribution < 1.29 is 0 Å². The smallest absolute Gasteiger partial charge is 0.0164 e. The molecule has 3 heteroatoms. The Morgan fingerprint density at radius 2 is 1.87 bits per heavy atom. The quantitative estimate of drug-likeness (QED) is 0.567. The molecular weight excluding hydrogens is 204 g/mol. The SMILES string of the molecule is CCC(C)N1CCN(CC=CCS)CC1. The maximum absolute atomic E-state index is 4.16. The first-order chi connectivity index (χ1) is 7.27. The molecule has 0 aromatic heterocycles. The van der Waals surface area contributed by atoms with Crippen LogP contribution in [0.15, 0.2) is 12.2 Å². The minimum atomic E-state index is 0.750. The van der Waals surface area contributed by atoms with Gasteiger partial charge in [0.2, 0.25) is 0 Å². The topological polar surface area (TPSA) is 6.48 Å². The van der Waals surface area contributed by atoms with Crippen LogP contribution in [0.1, 0.15) is 20.3 Å². The van der Waals surface area contributed by atoms with Gasteiger partial charge in [0.05, 0.1) is 0 Å². The highest BCUT2D eigenvalue weighted by Gasteiger charge is 2.18.